The van der Waals surface area contributed by atoms with Gasteiger partial charge in [-0.1, -0.05) is 13.8 Å². The molecule has 9 heteroatoms. The molecule has 2 saturated heterocycles. The summed E-state index contributed by atoms with van der Waals surface area (Å²) in [5.74, 6) is 1.18. The molecule has 1 atom stereocenters. The van der Waals surface area contributed by atoms with E-state index in [2.05, 4.69) is 53.3 Å². The van der Waals surface area contributed by atoms with Crippen LogP contribution in [0, 0.1) is 19.3 Å². The van der Waals surface area contributed by atoms with E-state index in [9.17, 15) is 4.79 Å². The van der Waals surface area contributed by atoms with Crippen molar-refractivity contribution in [1.82, 2.24) is 30.0 Å². The van der Waals surface area contributed by atoms with Crippen LogP contribution in [-0.4, -0.2) is 50.7 Å². The minimum atomic E-state index is -0.363. The number of rotatable bonds is 5. The van der Waals surface area contributed by atoms with Crippen molar-refractivity contribution in [2.24, 2.45) is 5.41 Å². The van der Waals surface area contributed by atoms with Gasteiger partial charge in [-0.05, 0) is 82.1 Å². The van der Waals surface area contributed by atoms with Gasteiger partial charge in [0.2, 0.25) is 5.91 Å². The number of anilines is 1. The van der Waals surface area contributed by atoms with Crippen LogP contribution in [0.5, 0.6) is 11.6 Å². The first kappa shape index (κ1) is 24.2. The average molecular weight is 490 g/mol. The molecule has 0 bridgehead atoms. The van der Waals surface area contributed by atoms with E-state index in [-0.39, 0.29) is 29.1 Å². The Kier molecular flexibility index (Phi) is 6.20. The molecule has 1 amide bonds. The SMILES string of the molecule is Cc1cc(-c2cnc(N)c(Oc3cnn(C4CCN(C)CC4)c3)n2)cc(C)c1C1CC(C)(C)C(=O)N1. The molecule has 0 radical (unpaired) electrons. The summed E-state index contributed by atoms with van der Waals surface area (Å²) >= 11 is 0. The van der Waals surface area contributed by atoms with E-state index in [0.717, 1.165) is 49.0 Å². The van der Waals surface area contributed by atoms with E-state index in [1.807, 2.05) is 24.7 Å². The monoisotopic (exact) mass is 489 g/mol. The van der Waals surface area contributed by atoms with E-state index in [1.54, 1.807) is 12.4 Å². The third-order valence-electron chi connectivity index (χ3n) is 7.49. The van der Waals surface area contributed by atoms with Crippen molar-refractivity contribution in [2.45, 2.75) is 59.0 Å². The second-order valence-electron chi connectivity index (χ2n) is 10.9. The van der Waals surface area contributed by atoms with Crippen LogP contribution in [0.2, 0.25) is 0 Å². The zero-order valence-corrected chi connectivity index (χ0v) is 21.7. The number of carbonyl (C=O) groups excluding carboxylic acids is 1. The summed E-state index contributed by atoms with van der Waals surface area (Å²) < 4.78 is 8.00. The van der Waals surface area contributed by atoms with Crippen molar-refractivity contribution in [2.75, 3.05) is 25.9 Å². The van der Waals surface area contributed by atoms with Crippen molar-refractivity contribution in [3.05, 3.63) is 47.4 Å². The molecule has 1 aromatic carbocycles. The maximum Gasteiger partial charge on any atom is 0.263 e. The van der Waals surface area contributed by atoms with Gasteiger partial charge in [-0.15, -0.1) is 0 Å². The lowest BCUT2D eigenvalue weighted by atomic mass is 9.85. The Morgan fingerprint density at radius 3 is 2.47 bits per heavy atom. The molecule has 9 nitrogen and oxygen atoms in total. The number of hydrogen-bond donors (Lipinski definition) is 2. The fourth-order valence-corrected chi connectivity index (χ4v) is 5.39. The van der Waals surface area contributed by atoms with Crippen LogP contribution in [-0.2, 0) is 4.79 Å². The summed E-state index contributed by atoms with van der Waals surface area (Å²) in [7, 11) is 2.14. The molecule has 4 heterocycles. The van der Waals surface area contributed by atoms with Crippen molar-refractivity contribution < 1.29 is 9.53 Å². The smallest absolute Gasteiger partial charge is 0.263 e. The largest absolute Gasteiger partial charge is 0.433 e. The van der Waals surface area contributed by atoms with Crippen LogP contribution < -0.4 is 15.8 Å². The number of nitrogens with zero attached hydrogens (tertiary/aromatic N) is 5. The van der Waals surface area contributed by atoms with Gasteiger partial charge in [0.25, 0.3) is 5.88 Å². The second-order valence-corrected chi connectivity index (χ2v) is 10.9. The fraction of sp³-hybridized carbons (Fsp3) is 0.481. The van der Waals surface area contributed by atoms with Gasteiger partial charge in [0.15, 0.2) is 11.6 Å². The first-order chi connectivity index (χ1) is 17.1. The molecule has 2 aromatic heterocycles. The number of carbonyl (C=O) groups is 1. The Hall–Kier alpha value is -3.46. The number of nitrogen functional groups attached to an aromatic ring is 1. The number of ether oxygens (including phenoxy) is 1. The third-order valence-corrected chi connectivity index (χ3v) is 7.49. The zero-order chi connectivity index (χ0) is 25.6. The number of aryl methyl sites for hydroxylation is 2. The zero-order valence-electron chi connectivity index (χ0n) is 21.7. The van der Waals surface area contributed by atoms with Gasteiger partial charge in [0.1, 0.15) is 0 Å². The van der Waals surface area contributed by atoms with E-state index in [0.29, 0.717) is 17.5 Å². The van der Waals surface area contributed by atoms with E-state index in [4.69, 9.17) is 15.5 Å². The van der Waals surface area contributed by atoms with Gasteiger partial charge >= 0.3 is 0 Å². The molecule has 3 aromatic rings. The van der Waals surface area contributed by atoms with Gasteiger partial charge in [-0.3, -0.25) is 9.48 Å². The summed E-state index contributed by atoms with van der Waals surface area (Å²) in [6.45, 7) is 10.2. The highest BCUT2D eigenvalue weighted by atomic mass is 16.5. The molecular formula is C27H35N7O2. The Morgan fingerprint density at radius 2 is 1.83 bits per heavy atom. The summed E-state index contributed by atoms with van der Waals surface area (Å²) in [6.07, 6.45) is 8.17. The lowest BCUT2D eigenvalue weighted by molar-refractivity contribution is -0.126. The van der Waals surface area contributed by atoms with Gasteiger partial charge < -0.3 is 20.7 Å². The van der Waals surface area contributed by atoms with Crippen LogP contribution >= 0.6 is 0 Å². The number of nitrogens with one attached hydrogen (secondary N) is 1. The fourth-order valence-electron chi connectivity index (χ4n) is 5.39. The minimum Gasteiger partial charge on any atom is -0.433 e. The van der Waals surface area contributed by atoms with E-state index in [1.165, 1.54) is 5.56 Å². The predicted molar refractivity (Wildman–Crippen MR) is 139 cm³/mol. The number of benzene rings is 1. The van der Waals surface area contributed by atoms with Crippen LogP contribution in [0.25, 0.3) is 11.3 Å². The van der Waals surface area contributed by atoms with Crippen LogP contribution in [0.15, 0.2) is 30.7 Å². The van der Waals surface area contributed by atoms with Gasteiger partial charge in [0.05, 0.1) is 36.4 Å². The summed E-state index contributed by atoms with van der Waals surface area (Å²) in [5, 5.41) is 7.67. The summed E-state index contributed by atoms with van der Waals surface area (Å²) in [6, 6.07) is 4.55. The second kappa shape index (κ2) is 9.20. The molecule has 190 valence electrons. The number of likely N-dealkylation sites (tertiary alicyclic amines) is 1. The van der Waals surface area contributed by atoms with Gasteiger partial charge in [0, 0.05) is 11.0 Å². The maximum absolute atomic E-state index is 12.4. The molecule has 2 aliphatic heterocycles. The van der Waals surface area contributed by atoms with Crippen molar-refractivity contribution in [3.8, 4) is 22.9 Å². The molecule has 36 heavy (non-hydrogen) atoms. The normalized spacial score (nSPS) is 20.5. The number of nitrogens with two attached hydrogens (primary N) is 1. The highest BCUT2D eigenvalue weighted by Crippen LogP contribution is 2.40. The third kappa shape index (κ3) is 4.67. The van der Waals surface area contributed by atoms with Gasteiger partial charge in [-0.2, -0.15) is 5.10 Å². The van der Waals surface area contributed by atoms with Crippen molar-refractivity contribution in [3.63, 3.8) is 0 Å². The highest BCUT2D eigenvalue weighted by Gasteiger charge is 2.40. The van der Waals surface area contributed by atoms with Crippen molar-refractivity contribution >= 4 is 11.7 Å². The topological polar surface area (TPSA) is 111 Å². The molecular weight excluding hydrogens is 454 g/mol. The quantitative estimate of drug-likeness (QED) is 0.553. The van der Waals surface area contributed by atoms with Crippen LogP contribution in [0.3, 0.4) is 0 Å². The molecule has 0 saturated carbocycles. The van der Waals surface area contributed by atoms with Crippen LogP contribution in [0.4, 0.5) is 5.82 Å². The predicted octanol–water partition coefficient (Wildman–Crippen LogP) is 4.19. The molecule has 2 aliphatic rings. The average Bonchev–Trinajstić information content (AvgIpc) is 3.38. The minimum absolute atomic E-state index is 0.0130. The summed E-state index contributed by atoms with van der Waals surface area (Å²) in [5.41, 5.74) is 10.7. The van der Waals surface area contributed by atoms with Crippen LogP contribution in [0.1, 0.15) is 61.9 Å². The molecule has 0 aliphatic carbocycles. The Balaban J connectivity index is 1.37. The van der Waals surface area contributed by atoms with Crippen molar-refractivity contribution in [1.29, 1.82) is 0 Å². The summed E-state index contributed by atoms with van der Waals surface area (Å²) in [4.78, 5) is 23.7. The Labute approximate surface area is 212 Å². The van der Waals surface area contributed by atoms with E-state index < -0.39 is 0 Å². The number of amides is 1. The molecule has 1 unspecified atom stereocenters. The lowest BCUT2D eigenvalue weighted by Crippen LogP contribution is -2.31. The highest BCUT2D eigenvalue weighted by molar-refractivity contribution is 5.85. The van der Waals surface area contributed by atoms with E-state index >= 15 is 0 Å². The Morgan fingerprint density at radius 1 is 1.14 bits per heavy atom. The molecule has 0 spiro atoms. The number of piperidine rings is 1. The molecule has 5 rings (SSSR count). The standard InChI is InChI=1S/C27H35N7O2/c1-16-10-18(11-17(2)23(16)21-12-27(3,4)26(35)32-21)22-14-29-24(28)25(31-22)36-20-13-30-34(15-20)19-6-8-33(5)9-7-19/h10-11,13-15,19,21H,6-9,12H2,1-5H3,(H2,28,29)(H,32,35). The number of aromatic nitrogens is 4. The number of hydrogen-bond acceptors (Lipinski definition) is 7. The van der Waals surface area contributed by atoms with Gasteiger partial charge in [-0.25, -0.2) is 9.97 Å². The molecule has 3 N–H and O–H groups in total. The maximum atomic E-state index is 12.4. The first-order valence-corrected chi connectivity index (χ1v) is 12.6. The first-order valence-electron chi connectivity index (χ1n) is 12.6. The lowest BCUT2D eigenvalue weighted by Gasteiger charge is -2.28. The molecule has 2 fully saturated rings. The Bertz CT molecular complexity index is 1270.